The van der Waals surface area contributed by atoms with Crippen molar-refractivity contribution >= 4 is 8.32 Å². The van der Waals surface area contributed by atoms with Gasteiger partial charge in [-0.15, -0.1) is 0 Å². The van der Waals surface area contributed by atoms with E-state index in [0.29, 0.717) is 6.42 Å². The van der Waals surface area contributed by atoms with Gasteiger partial charge >= 0.3 is 0 Å². The number of oxazole rings is 1. The van der Waals surface area contributed by atoms with Crippen LogP contribution in [0.4, 0.5) is 0 Å². The standard InChI is InChI=1S/C29H34N2O2Si/c1-29(2,3)34(4,5)33-26(24-15-13-23(14-16-24)22-10-7-6-8-11-22)17-18-28-31-21-27(32-28)25-12-9-19-30-20-25/h6-16,19-21,26H,17-18H2,1-5H3. The molecule has 4 aromatic rings. The molecule has 1 atom stereocenters. The monoisotopic (exact) mass is 470 g/mol. The van der Waals surface area contributed by atoms with E-state index < -0.39 is 8.32 Å². The Hall–Kier alpha value is -3.02. The third-order valence-corrected chi connectivity index (χ3v) is 11.2. The predicted molar refractivity (Wildman–Crippen MR) is 141 cm³/mol. The van der Waals surface area contributed by atoms with Gasteiger partial charge in [-0.2, -0.15) is 0 Å². The van der Waals surface area contributed by atoms with Crippen molar-refractivity contribution in [2.45, 2.75) is 57.8 Å². The van der Waals surface area contributed by atoms with Crippen molar-refractivity contribution < 1.29 is 8.84 Å². The summed E-state index contributed by atoms with van der Waals surface area (Å²) in [5.41, 5.74) is 4.57. The van der Waals surface area contributed by atoms with Crippen molar-refractivity contribution in [2.75, 3.05) is 0 Å². The molecular formula is C29H34N2O2Si. The van der Waals surface area contributed by atoms with E-state index in [9.17, 15) is 0 Å². The molecule has 0 amide bonds. The Balaban J connectivity index is 1.54. The minimum absolute atomic E-state index is 0.0144. The Morgan fingerprint density at radius 2 is 1.53 bits per heavy atom. The van der Waals surface area contributed by atoms with Crippen LogP contribution in [-0.4, -0.2) is 18.3 Å². The van der Waals surface area contributed by atoms with Crippen LogP contribution in [0.5, 0.6) is 0 Å². The smallest absolute Gasteiger partial charge is 0.194 e. The Kier molecular flexibility index (Phi) is 7.15. The Morgan fingerprint density at radius 1 is 0.853 bits per heavy atom. The highest BCUT2D eigenvalue weighted by atomic mass is 28.4. The van der Waals surface area contributed by atoms with E-state index in [-0.39, 0.29) is 11.1 Å². The third-order valence-electron chi connectivity index (χ3n) is 6.75. The molecule has 4 rings (SSSR count). The lowest BCUT2D eigenvalue weighted by Gasteiger charge is -2.39. The minimum atomic E-state index is -1.97. The fourth-order valence-corrected chi connectivity index (χ4v) is 4.99. The van der Waals surface area contributed by atoms with Crippen LogP contribution >= 0.6 is 0 Å². The highest BCUT2D eigenvalue weighted by Crippen LogP contribution is 2.41. The summed E-state index contributed by atoms with van der Waals surface area (Å²) in [6.07, 6.45) is 6.84. The second-order valence-corrected chi connectivity index (χ2v) is 15.0. The lowest BCUT2D eigenvalue weighted by Crippen LogP contribution is -2.42. The van der Waals surface area contributed by atoms with E-state index in [0.717, 1.165) is 23.6 Å². The van der Waals surface area contributed by atoms with Gasteiger partial charge < -0.3 is 8.84 Å². The zero-order chi connectivity index (χ0) is 24.2. The number of pyridine rings is 1. The number of aryl methyl sites for hydroxylation is 1. The fourth-order valence-electron chi connectivity index (χ4n) is 3.67. The third kappa shape index (κ3) is 5.72. The van der Waals surface area contributed by atoms with E-state index in [1.807, 2.05) is 18.2 Å². The molecule has 2 aromatic carbocycles. The van der Waals surface area contributed by atoms with Gasteiger partial charge in [-0.25, -0.2) is 4.98 Å². The number of hydrogen-bond donors (Lipinski definition) is 0. The van der Waals surface area contributed by atoms with Crippen LogP contribution in [0.1, 0.15) is 44.8 Å². The molecule has 2 heterocycles. The summed E-state index contributed by atoms with van der Waals surface area (Å²) in [5.74, 6) is 1.47. The Labute approximate surface area is 204 Å². The molecule has 0 aliphatic rings. The Bertz CT molecular complexity index is 1180. The van der Waals surface area contributed by atoms with Crippen molar-refractivity contribution in [3.8, 4) is 22.5 Å². The summed E-state index contributed by atoms with van der Waals surface area (Å²) in [6.45, 7) is 11.5. The molecule has 0 saturated heterocycles. The van der Waals surface area contributed by atoms with Crippen molar-refractivity contribution in [3.63, 3.8) is 0 Å². The molecule has 34 heavy (non-hydrogen) atoms. The average molecular weight is 471 g/mol. The summed E-state index contributed by atoms with van der Waals surface area (Å²) >= 11 is 0. The first-order valence-corrected chi connectivity index (χ1v) is 14.8. The Morgan fingerprint density at radius 3 is 2.18 bits per heavy atom. The molecule has 0 spiro atoms. The summed E-state index contributed by atoms with van der Waals surface area (Å²) in [5, 5.41) is 0.131. The molecule has 0 bridgehead atoms. The van der Waals surface area contributed by atoms with E-state index in [4.69, 9.17) is 8.84 Å². The largest absolute Gasteiger partial charge is 0.441 e. The molecule has 176 valence electrons. The van der Waals surface area contributed by atoms with Crippen LogP contribution < -0.4 is 0 Å². The lowest BCUT2D eigenvalue weighted by molar-refractivity contribution is 0.171. The normalized spacial score (nSPS) is 13.1. The highest BCUT2D eigenvalue weighted by molar-refractivity contribution is 6.74. The molecule has 4 nitrogen and oxygen atoms in total. The summed E-state index contributed by atoms with van der Waals surface area (Å²) < 4.78 is 12.9. The van der Waals surface area contributed by atoms with Gasteiger partial charge in [-0.1, -0.05) is 75.4 Å². The predicted octanol–water partition coefficient (Wildman–Crippen LogP) is 8.10. The van der Waals surface area contributed by atoms with E-state index >= 15 is 0 Å². The van der Waals surface area contributed by atoms with Crippen LogP contribution in [0.15, 0.2) is 89.7 Å². The molecule has 1 unspecified atom stereocenters. The fraction of sp³-hybridized carbons (Fsp3) is 0.310. The number of benzene rings is 2. The van der Waals surface area contributed by atoms with Gasteiger partial charge in [0, 0.05) is 24.4 Å². The van der Waals surface area contributed by atoms with Crippen molar-refractivity contribution in [1.82, 2.24) is 9.97 Å². The summed E-state index contributed by atoms with van der Waals surface area (Å²) in [6, 6.07) is 23.1. The number of aromatic nitrogens is 2. The first-order chi connectivity index (χ1) is 16.2. The van der Waals surface area contributed by atoms with Crippen LogP contribution in [0.25, 0.3) is 22.5 Å². The van der Waals surface area contributed by atoms with Crippen molar-refractivity contribution in [3.05, 3.63) is 96.8 Å². The maximum atomic E-state index is 6.91. The van der Waals surface area contributed by atoms with Gasteiger partial charge in [0.1, 0.15) is 0 Å². The highest BCUT2D eigenvalue weighted by Gasteiger charge is 2.39. The van der Waals surface area contributed by atoms with Crippen LogP contribution in [0.2, 0.25) is 18.1 Å². The second-order valence-electron chi connectivity index (χ2n) is 10.3. The lowest BCUT2D eigenvalue weighted by atomic mass is 10.00. The first kappa shape index (κ1) is 24.1. The summed E-state index contributed by atoms with van der Waals surface area (Å²) in [4.78, 5) is 8.69. The number of hydrogen-bond acceptors (Lipinski definition) is 4. The first-order valence-electron chi connectivity index (χ1n) is 11.9. The van der Waals surface area contributed by atoms with Gasteiger partial charge in [-0.05, 0) is 53.4 Å². The molecular weight excluding hydrogens is 436 g/mol. The molecule has 0 fully saturated rings. The number of rotatable bonds is 8. The average Bonchev–Trinajstić information content (AvgIpc) is 3.31. The topological polar surface area (TPSA) is 48.2 Å². The SMILES string of the molecule is CC(C)(C)[Si](C)(C)OC(CCc1ncc(-c2cccnc2)o1)c1ccc(-c2ccccc2)cc1. The zero-order valence-corrected chi connectivity index (χ0v) is 21.8. The number of nitrogens with zero attached hydrogens (tertiary/aromatic N) is 2. The molecule has 0 N–H and O–H groups in total. The van der Waals surface area contributed by atoms with Gasteiger partial charge in [0.25, 0.3) is 0 Å². The quantitative estimate of drug-likeness (QED) is 0.244. The van der Waals surface area contributed by atoms with Crippen molar-refractivity contribution in [2.24, 2.45) is 0 Å². The van der Waals surface area contributed by atoms with Gasteiger partial charge in [0.2, 0.25) is 0 Å². The van der Waals surface area contributed by atoms with Crippen LogP contribution in [0.3, 0.4) is 0 Å². The zero-order valence-electron chi connectivity index (χ0n) is 20.8. The maximum absolute atomic E-state index is 6.91. The minimum Gasteiger partial charge on any atom is -0.441 e. The second kappa shape index (κ2) is 10.1. The van der Waals surface area contributed by atoms with Gasteiger partial charge in [0.05, 0.1) is 12.3 Å². The maximum Gasteiger partial charge on any atom is 0.194 e. The molecule has 0 aliphatic heterocycles. The van der Waals surface area contributed by atoms with Crippen LogP contribution in [0, 0.1) is 0 Å². The van der Waals surface area contributed by atoms with Crippen LogP contribution in [-0.2, 0) is 10.8 Å². The van der Waals surface area contributed by atoms with Gasteiger partial charge in [0.15, 0.2) is 20.0 Å². The molecule has 0 saturated carbocycles. The van der Waals surface area contributed by atoms with Crippen molar-refractivity contribution in [1.29, 1.82) is 0 Å². The van der Waals surface area contributed by atoms with E-state index in [2.05, 4.69) is 92.4 Å². The molecule has 0 aliphatic carbocycles. The molecule has 5 heteroatoms. The van der Waals surface area contributed by atoms with E-state index in [1.165, 1.54) is 16.7 Å². The van der Waals surface area contributed by atoms with Gasteiger partial charge in [-0.3, -0.25) is 4.98 Å². The molecule has 0 radical (unpaired) electrons. The summed E-state index contributed by atoms with van der Waals surface area (Å²) in [7, 11) is -1.97. The molecule has 2 aromatic heterocycles. The van der Waals surface area contributed by atoms with E-state index in [1.54, 1.807) is 18.6 Å².